The molecule has 0 N–H and O–H groups in total. The molecule has 0 bridgehead atoms. The van der Waals surface area contributed by atoms with Gasteiger partial charge in [0.2, 0.25) is 0 Å². The molecule has 174 valence electrons. The molecule has 0 aliphatic carbocycles. The van der Waals surface area contributed by atoms with Crippen molar-refractivity contribution in [2.45, 2.75) is 0 Å². The van der Waals surface area contributed by atoms with Gasteiger partial charge in [-0.2, -0.15) is 0 Å². The van der Waals surface area contributed by atoms with Gasteiger partial charge in [0.25, 0.3) is 0 Å². The van der Waals surface area contributed by atoms with Crippen LogP contribution in [0.3, 0.4) is 0 Å². The Morgan fingerprint density at radius 2 is 0.919 bits per heavy atom. The number of rotatable bonds is 4. The fourth-order valence-corrected chi connectivity index (χ4v) is 8.27. The Bertz CT molecular complexity index is 1820. The summed E-state index contributed by atoms with van der Waals surface area (Å²) in [5.74, 6) is 2.04. The van der Waals surface area contributed by atoms with Crippen LogP contribution in [-0.2, 0) is 0 Å². The van der Waals surface area contributed by atoms with Crippen LogP contribution in [0.25, 0.3) is 62.9 Å². The van der Waals surface area contributed by atoms with Crippen molar-refractivity contribution in [3.05, 3.63) is 127 Å². The first kappa shape index (κ1) is 22.1. The molecule has 0 spiro atoms. The average molecular weight is 587 g/mol. The zero-order chi connectivity index (χ0) is 24.6. The Labute approximate surface area is 224 Å². The predicted octanol–water partition coefficient (Wildman–Crippen LogP) is 7.90. The summed E-state index contributed by atoms with van der Waals surface area (Å²) in [5, 5.41) is 2.79. The Morgan fingerprint density at radius 3 is 1.62 bits per heavy atom. The van der Waals surface area contributed by atoms with E-state index in [4.69, 9.17) is 15.0 Å². The molecule has 0 unspecified atom stereocenters. The van der Waals surface area contributed by atoms with Crippen molar-refractivity contribution >= 4 is 38.0 Å². The van der Waals surface area contributed by atoms with Gasteiger partial charge in [0, 0.05) is 0 Å². The van der Waals surface area contributed by atoms with Crippen molar-refractivity contribution in [1.82, 2.24) is 15.0 Å². The van der Waals surface area contributed by atoms with Crippen LogP contribution in [0, 0.1) is 0 Å². The standard InChI is InChI=1S/C33H21N3Te/c1-3-11-22(12-4-1)31-34-32(23-13-5-2-6-14-23)36-33(35-31)25-16-9-15-24(21-25)26-18-10-19-28-27-17-7-8-20-29(27)37-30(26)28/h1-21H. The molecule has 0 aliphatic heterocycles. The monoisotopic (exact) mass is 589 g/mol. The summed E-state index contributed by atoms with van der Waals surface area (Å²) < 4.78 is 3.03. The summed E-state index contributed by atoms with van der Waals surface area (Å²) in [4.78, 5) is 14.7. The fourth-order valence-electron chi connectivity index (χ4n) is 4.74. The van der Waals surface area contributed by atoms with Gasteiger partial charge in [-0.3, -0.25) is 0 Å². The second-order valence-electron chi connectivity index (χ2n) is 8.90. The third-order valence-electron chi connectivity index (χ3n) is 6.54. The second kappa shape index (κ2) is 9.41. The quantitative estimate of drug-likeness (QED) is 0.197. The van der Waals surface area contributed by atoms with Crippen molar-refractivity contribution in [1.29, 1.82) is 0 Å². The van der Waals surface area contributed by atoms with E-state index in [-0.39, 0.29) is 0 Å². The van der Waals surface area contributed by atoms with Gasteiger partial charge < -0.3 is 0 Å². The Hall–Kier alpha value is -4.10. The van der Waals surface area contributed by atoms with Gasteiger partial charge in [0.15, 0.2) is 0 Å². The molecule has 5 aromatic carbocycles. The first-order valence-electron chi connectivity index (χ1n) is 12.2. The maximum absolute atomic E-state index is 4.92. The molecule has 2 aromatic heterocycles. The summed E-state index contributed by atoms with van der Waals surface area (Å²) in [5.41, 5.74) is 5.46. The summed E-state index contributed by atoms with van der Waals surface area (Å²) in [6, 6.07) is 44.4. The predicted molar refractivity (Wildman–Crippen MR) is 154 cm³/mol. The zero-order valence-electron chi connectivity index (χ0n) is 19.9. The van der Waals surface area contributed by atoms with Crippen LogP contribution in [0.1, 0.15) is 0 Å². The molecule has 0 amide bonds. The van der Waals surface area contributed by atoms with E-state index in [0.29, 0.717) is 17.5 Å². The summed E-state index contributed by atoms with van der Waals surface area (Å²) >= 11 is -0.437. The average Bonchev–Trinajstić information content (AvgIpc) is 3.37. The topological polar surface area (TPSA) is 38.7 Å². The number of fused-ring (bicyclic) bond motifs is 3. The normalized spacial score (nSPS) is 11.2. The van der Waals surface area contributed by atoms with Crippen molar-refractivity contribution in [2.24, 2.45) is 0 Å². The second-order valence-corrected chi connectivity index (χ2v) is 11.9. The molecule has 7 aromatic rings. The number of nitrogens with zero attached hydrogens (tertiary/aromatic N) is 3. The molecule has 37 heavy (non-hydrogen) atoms. The van der Waals surface area contributed by atoms with Crippen LogP contribution in [0.5, 0.6) is 0 Å². The molecule has 0 radical (unpaired) electrons. The van der Waals surface area contributed by atoms with Crippen LogP contribution < -0.4 is 0 Å². The van der Waals surface area contributed by atoms with Crippen molar-refractivity contribution in [2.75, 3.05) is 0 Å². The molecule has 2 heterocycles. The molecule has 3 nitrogen and oxygen atoms in total. The fraction of sp³-hybridized carbons (Fsp3) is 0. The van der Waals surface area contributed by atoms with E-state index in [1.54, 1.807) is 0 Å². The summed E-state index contributed by atoms with van der Waals surface area (Å²) in [6.45, 7) is 0. The van der Waals surface area contributed by atoms with Gasteiger partial charge >= 0.3 is 226 Å². The van der Waals surface area contributed by atoms with Gasteiger partial charge in [0.1, 0.15) is 0 Å². The molecule has 4 heteroatoms. The van der Waals surface area contributed by atoms with Gasteiger partial charge in [-0.15, -0.1) is 0 Å². The third-order valence-corrected chi connectivity index (χ3v) is 10.0. The first-order valence-corrected chi connectivity index (χ1v) is 14.5. The number of hydrogen-bond acceptors (Lipinski definition) is 3. The van der Waals surface area contributed by atoms with Crippen LogP contribution in [0.4, 0.5) is 0 Å². The van der Waals surface area contributed by atoms with E-state index >= 15 is 0 Å². The molecular formula is C33H21N3Te. The van der Waals surface area contributed by atoms with Gasteiger partial charge in [-0.25, -0.2) is 0 Å². The maximum atomic E-state index is 4.92. The third kappa shape index (κ3) is 4.15. The molecule has 0 fully saturated rings. The van der Waals surface area contributed by atoms with Gasteiger partial charge in [-0.1, -0.05) is 0 Å². The van der Waals surface area contributed by atoms with E-state index in [1.165, 1.54) is 28.7 Å². The van der Waals surface area contributed by atoms with E-state index in [2.05, 4.69) is 66.7 Å². The molecule has 0 aliphatic rings. The zero-order valence-corrected chi connectivity index (χ0v) is 22.2. The number of aromatic nitrogens is 3. The molecular weight excluding hydrogens is 566 g/mol. The first-order chi connectivity index (χ1) is 18.3. The number of benzene rings is 5. The van der Waals surface area contributed by atoms with Crippen molar-refractivity contribution in [3.63, 3.8) is 0 Å². The minimum atomic E-state index is -0.437. The Kier molecular flexibility index (Phi) is 5.63. The van der Waals surface area contributed by atoms with Crippen molar-refractivity contribution in [3.8, 4) is 45.3 Å². The minimum absolute atomic E-state index is 0.437. The molecule has 0 atom stereocenters. The van der Waals surface area contributed by atoms with Crippen LogP contribution >= 0.6 is 0 Å². The molecule has 7 rings (SSSR count). The van der Waals surface area contributed by atoms with Crippen LogP contribution in [0.2, 0.25) is 0 Å². The SMILES string of the molecule is c1ccc(-c2nc(-c3ccccc3)nc(-c3cccc(-c4cccc5c4[te]c4ccccc45)c3)n2)cc1. The van der Waals surface area contributed by atoms with E-state index in [0.717, 1.165) is 16.7 Å². The van der Waals surface area contributed by atoms with Gasteiger partial charge in [-0.05, 0) is 0 Å². The van der Waals surface area contributed by atoms with Gasteiger partial charge in [0.05, 0.1) is 0 Å². The van der Waals surface area contributed by atoms with E-state index in [9.17, 15) is 0 Å². The summed E-state index contributed by atoms with van der Waals surface area (Å²) in [6.07, 6.45) is 0. The van der Waals surface area contributed by atoms with E-state index < -0.39 is 20.4 Å². The Morgan fingerprint density at radius 1 is 0.405 bits per heavy atom. The Balaban J connectivity index is 1.40. The molecule has 0 saturated carbocycles. The van der Waals surface area contributed by atoms with Crippen LogP contribution in [-0.4, -0.2) is 35.4 Å². The molecule has 0 saturated heterocycles. The number of hydrogen-bond donors (Lipinski definition) is 0. The van der Waals surface area contributed by atoms with Crippen LogP contribution in [0.15, 0.2) is 127 Å². The summed E-state index contributed by atoms with van der Waals surface area (Å²) in [7, 11) is 0. The van der Waals surface area contributed by atoms with Crippen molar-refractivity contribution < 1.29 is 0 Å². The van der Waals surface area contributed by atoms with E-state index in [1.807, 2.05) is 60.7 Å².